The van der Waals surface area contributed by atoms with E-state index in [4.69, 9.17) is 18.1 Å². The first-order chi connectivity index (χ1) is 26.2. The summed E-state index contributed by atoms with van der Waals surface area (Å²) < 4.78 is 52.2. The first kappa shape index (κ1) is 41.8. The van der Waals surface area contributed by atoms with Gasteiger partial charge in [0.1, 0.15) is 34.9 Å². The molecule has 7 nitrogen and oxygen atoms in total. The van der Waals surface area contributed by atoms with Crippen molar-refractivity contribution in [1.82, 2.24) is 0 Å². The Kier molecular flexibility index (Phi) is 14.1. The van der Waals surface area contributed by atoms with Crippen molar-refractivity contribution in [3.63, 3.8) is 0 Å². The van der Waals surface area contributed by atoms with Crippen LogP contribution in [0.25, 0.3) is 11.1 Å². The fourth-order valence-electron chi connectivity index (χ4n) is 5.50. The number of benzene rings is 5. The van der Waals surface area contributed by atoms with Crippen LogP contribution in [-0.4, -0.2) is 35.1 Å². The molecule has 0 aliphatic heterocycles. The van der Waals surface area contributed by atoms with E-state index in [9.17, 15) is 13.5 Å². The van der Waals surface area contributed by atoms with Crippen molar-refractivity contribution in [2.45, 2.75) is 86.1 Å². The highest BCUT2D eigenvalue weighted by molar-refractivity contribution is 8.00. The first-order valence-electron chi connectivity index (χ1n) is 18.5. The summed E-state index contributed by atoms with van der Waals surface area (Å²) in [6, 6.07) is 34.5. The summed E-state index contributed by atoms with van der Waals surface area (Å²) in [5.74, 6) is 1.49. The molecule has 0 saturated carbocycles. The van der Waals surface area contributed by atoms with Crippen LogP contribution in [-0.2, 0) is 21.2 Å². The predicted molar refractivity (Wildman–Crippen MR) is 225 cm³/mol. The molecule has 0 aliphatic rings. The highest BCUT2D eigenvalue weighted by atomic mass is 32.2. The molecule has 0 aromatic heterocycles. The third-order valence-electron chi connectivity index (χ3n) is 9.68. The maximum atomic E-state index is 14.1. The fourth-order valence-corrected chi connectivity index (χ4v) is 8.75. The molecule has 0 radical (unpaired) electrons. The zero-order valence-electron chi connectivity index (χ0n) is 32.6. The van der Waals surface area contributed by atoms with Gasteiger partial charge in [0.15, 0.2) is 8.32 Å². The van der Waals surface area contributed by atoms with Crippen LogP contribution in [0.5, 0.6) is 17.2 Å². The van der Waals surface area contributed by atoms with Crippen molar-refractivity contribution < 1.29 is 31.6 Å². The van der Waals surface area contributed by atoms with Gasteiger partial charge in [0.25, 0.3) is 0 Å². The lowest BCUT2D eigenvalue weighted by Gasteiger charge is -2.36. The third kappa shape index (κ3) is 10.9. The van der Waals surface area contributed by atoms with E-state index in [1.807, 2.05) is 72.8 Å². The first-order valence-corrected chi connectivity index (χ1v) is 23.7. The van der Waals surface area contributed by atoms with Crippen molar-refractivity contribution >= 4 is 30.2 Å². The Morgan fingerprint density at radius 2 is 1.55 bits per heavy atom. The minimum atomic E-state index is -4.30. The average molecular weight is 797 g/mol. The van der Waals surface area contributed by atoms with Crippen molar-refractivity contribution in [2.24, 2.45) is 0 Å². The minimum absolute atomic E-state index is 0.00574. The standard InChI is InChI=1S/C45H52O7S2Si/c1-8-10-29-49-35-22-24-37(25-23-35)53-42-27-21-34(31-43(42)54(47,48)52-36-16-12-11-13-17-36)38-18-14-15-19-39(38)44(46)40-30-33(20-26-41(40)50-28-9-2)32-51-55(6,7)45(3,4)5/h9,11-27,30-31,44,46H,2,8,10,28-29,32H2,1,3-7H3. The van der Waals surface area contributed by atoms with E-state index in [1.165, 1.54) is 11.8 Å². The Bertz CT molecular complexity index is 2150. The molecule has 0 saturated heterocycles. The number of hydrogen-bond acceptors (Lipinski definition) is 8. The van der Waals surface area contributed by atoms with E-state index in [1.54, 1.807) is 48.5 Å². The van der Waals surface area contributed by atoms with E-state index < -0.39 is 24.5 Å². The molecule has 0 amide bonds. The van der Waals surface area contributed by atoms with E-state index in [2.05, 4.69) is 47.4 Å². The Morgan fingerprint density at radius 3 is 2.24 bits per heavy atom. The van der Waals surface area contributed by atoms with Gasteiger partial charge < -0.3 is 23.2 Å². The molecule has 5 rings (SSSR count). The third-order valence-corrected chi connectivity index (χ3v) is 16.7. The predicted octanol–water partition coefficient (Wildman–Crippen LogP) is 11.6. The van der Waals surface area contributed by atoms with Gasteiger partial charge in [0.2, 0.25) is 0 Å². The van der Waals surface area contributed by atoms with Gasteiger partial charge in [0, 0.05) is 15.4 Å². The molecule has 5 aromatic carbocycles. The monoisotopic (exact) mass is 796 g/mol. The van der Waals surface area contributed by atoms with Gasteiger partial charge in [-0.2, -0.15) is 8.42 Å². The van der Waals surface area contributed by atoms with Gasteiger partial charge >= 0.3 is 10.1 Å². The molecule has 1 unspecified atom stereocenters. The highest BCUT2D eigenvalue weighted by Gasteiger charge is 2.37. The normalized spacial score (nSPS) is 12.6. The Balaban J connectivity index is 1.54. The summed E-state index contributed by atoms with van der Waals surface area (Å²) in [6.45, 7) is 18.2. The molecule has 1 N–H and O–H groups in total. The molecule has 0 heterocycles. The number of aliphatic hydroxyl groups excluding tert-OH is 1. The van der Waals surface area contributed by atoms with Crippen LogP contribution in [0.1, 0.15) is 63.3 Å². The minimum Gasteiger partial charge on any atom is -0.494 e. The topological polar surface area (TPSA) is 91.3 Å². The van der Waals surface area contributed by atoms with Crippen LogP contribution in [0.4, 0.5) is 0 Å². The molecule has 10 heteroatoms. The number of hydrogen-bond donors (Lipinski definition) is 1. The van der Waals surface area contributed by atoms with Crippen LogP contribution < -0.4 is 13.7 Å². The summed E-state index contributed by atoms with van der Waals surface area (Å²) in [4.78, 5) is 1.34. The molecular formula is C45H52O7S2Si. The molecule has 0 bridgehead atoms. The summed E-state index contributed by atoms with van der Waals surface area (Å²) >= 11 is 1.32. The van der Waals surface area contributed by atoms with E-state index >= 15 is 0 Å². The number of unbranched alkanes of at least 4 members (excludes halogenated alkanes) is 1. The summed E-state index contributed by atoms with van der Waals surface area (Å²) in [5.41, 5.74) is 3.32. The van der Waals surface area contributed by atoms with Crippen molar-refractivity contribution in [3.8, 4) is 28.4 Å². The maximum absolute atomic E-state index is 14.1. The second-order valence-corrected chi connectivity index (χ2v) is 22.2. The quantitative estimate of drug-likeness (QED) is 0.0406. The number of para-hydroxylation sites is 1. The summed E-state index contributed by atoms with van der Waals surface area (Å²) in [7, 11) is -6.34. The Hall–Kier alpha value is -4.32. The SMILES string of the molecule is C=CCOc1ccc(CO[Si](C)(C)C(C)(C)C)cc1C(O)c1ccccc1-c1ccc(Sc2ccc(OCCCC)cc2)c(S(=O)(=O)Oc2ccccc2)c1. The second kappa shape index (κ2) is 18.5. The summed E-state index contributed by atoms with van der Waals surface area (Å²) in [5, 5.41) is 12.2. The van der Waals surface area contributed by atoms with E-state index in [0.717, 1.165) is 29.1 Å². The van der Waals surface area contributed by atoms with Gasteiger partial charge in [-0.3, -0.25) is 0 Å². The van der Waals surface area contributed by atoms with Gasteiger partial charge in [0.05, 0.1) is 13.2 Å². The van der Waals surface area contributed by atoms with Crippen LogP contribution in [0, 0.1) is 0 Å². The highest BCUT2D eigenvalue weighted by Crippen LogP contribution is 2.41. The lowest BCUT2D eigenvalue weighted by atomic mass is 9.91. The Morgan fingerprint density at radius 1 is 0.836 bits per heavy atom. The van der Waals surface area contributed by atoms with Crippen molar-refractivity contribution in [3.05, 3.63) is 145 Å². The molecule has 1 atom stereocenters. The molecule has 290 valence electrons. The Labute approximate surface area is 332 Å². The average Bonchev–Trinajstić information content (AvgIpc) is 3.17. The molecule has 5 aromatic rings. The van der Waals surface area contributed by atoms with E-state index in [-0.39, 0.29) is 22.3 Å². The fraction of sp³-hybridized carbons (Fsp3) is 0.289. The molecular weight excluding hydrogens is 745 g/mol. The van der Waals surface area contributed by atoms with Gasteiger partial charge in [-0.25, -0.2) is 0 Å². The van der Waals surface area contributed by atoms with Crippen LogP contribution in [0.3, 0.4) is 0 Å². The van der Waals surface area contributed by atoms with Crippen molar-refractivity contribution in [1.29, 1.82) is 0 Å². The number of ether oxygens (including phenoxy) is 2. The zero-order chi connectivity index (χ0) is 39.6. The van der Waals surface area contributed by atoms with E-state index in [0.29, 0.717) is 46.1 Å². The molecule has 55 heavy (non-hydrogen) atoms. The van der Waals surface area contributed by atoms with Crippen LogP contribution in [0.2, 0.25) is 18.1 Å². The molecule has 0 fully saturated rings. The second-order valence-electron chi connectivity index (χ2n) is 14.8. The van der Waals surface area contributed by atoms with Crippen LogP contribution in [0.15, 0.2) is 143 Å². The summed E-state index contributed by atoms with van der Waals surface area (Å²) in [6.07, 6.45) is 2.56. The smallest absolute Gasteiger partial charge is 0.340 e. The van der Waals surface area contributed by atoms with Gasteiger partial charge in [-0.15, -0.1) is 0 Å². The van der Waals surface area contributed by atoms with Crippen LogP contribution >= 0.6 is 11.8 Å². The lowest BCUT2D eigenvalue weighted by Crippen LogP contribution is -2.40. The molecule has 0 spiro atoms. The number of rotatable bonds is 18. The maximum Gasteiger partial charge on any atom is 0.340 e. The molecule has 0 aliphatic carbocycles. The lowest BCUT2D eigenvalue weighted by molar-refractivity contribution is 0.213. The van der Waals surface area contributed by atoms with Gasteiger partial charge in [-0.1, -0.05) is 113 Å². The largest absolute Gasteiger partial charge is 0.494 e. The van der Waals surface area contributed by atoms with Gasteiger partial charge in [-0.05, 0) is 107 Å². The van der Waals surface area contributed by atoms with Crippen molar-refractivity contribution in [2.75, 3.05) is 13.2 Å². The zero-order valence-corrected chi connectivity index (χ0v) is 35.2. The number of aliphatic hydroxyl groups is 1.